The Kier molecular flexibility index (Phi) is 7.64. The van der Waals surface area contributed by atoms with Gasteiger partial charge in [0.2, 0.25) is 5.91 Å². The van der Waals surface area contributed by atoms with Gasteiger partial charge in [0.15, 0.2) is 0 Å². The Morgan fingerprint density at radius 3 is 2.23 bits per heavy atom. The van der Waals surface area contributed by atoms with Crippen LogP contribution in [0.4, 0.5) is 0 Å². The van der Waals surface area contributed by atoms with Crippen LogP contribution in [0.3, 0.4) is 0 Å². The lowest BCUT2D eigenvalue weighted by Crippen LogP contribution is -2.65. The van der Waals surface area contributed by atoms with Crippen molar-refractivity contribution in [2.75, 3.05) is 7.11 Å². The van der Waals surface area contributed by atoms with Gasteiger partial charge in [-0.1, -0.05) is 86.1 Å². The van der Waals surface area contributed by atoms with Crippen LogP contribution in [0.5, 0.6) is 0 Å². The van der Waals surface area contributed by atoms with Crippen molar-refractivity contribution in [3.63, 3.8) is 0 Å². The molecule has 0 unspecified atom stereocenters. The molecule has 8 atom stereocenters. The molecule has 5 aliphatic rings. The van der Waals surface area contributed by atoms with E-state index in [-0.39, 0.29) is 50.8 Å². The minimum absolute atomic E-state index is 0.00501. The minimum Gasteiger partial charge on any atom is -0.467 e. The summed E-state index contributed by atoms with van der Waals surface area (Å²) in [5.74, 6) is 0.889. The summed E-state index contributed by atoms with van der Waals surface area (Å²) in [6, 6.07) is 7.72. The van der Waals surface area contributed by atoms with E-state index < -0.39 is 11.5 Å². The predicted molar refractivity (Wildman–Crippen MR) is 191 cm³/mol. The van der Waals surface area contributed by atoms with Crippen molar-refractivity contribution in [2.24, 2.45) is 50.7 Å². The molecule has 2 aromatic rings. The third-order valence-corrected chi connectivity index (χ3v) is 15.4. The Morgan fingerprint density at radius 2 is 1.56 bits per heavy atom. The maximum atomic E-state index is 14.6. The van der Waals surface area contributed by atoms with E-state index in [1.54, 1.807) is 0 Å². The highest BCUT2D eigenvalue weighted by molar-refractivity contribution is 5.89. The Labute approximate surface area is 288 Å². The summed E-state index contributed by atoms with van der Waals surface area (Å²) in [6.45, 7) is 21.4. The number of fused-ring (bicyclic) bond motifs is 9. The van der Waals surface area contributed by atoms with Gasteiger partial charge in [0.1, 0.15) is 6.04 Å². The van der Waals surface area contributed by atoms with E-state index in [4.69, 9.17) is 14.7 Å². The molecule has 0 bridgehead atoms. The number of aromatic nitrogens is 2. The van der Waals surface area contributed by atoms with Gasteiger partial charge >= 0.3 is 5.97 Å². The lowest BCUT2D eigenvalue weighted by Gasteiger charge is -2.70. The Morgan fingerprint density at radius 1 is 0.896 bits per heavy atom. The summed E-state index contributed by atoms with van der Waals surface area (Å²) in [6.07, 6.45) is 11.8. The van der Waals surface area contributed by atoms with Crippen LogP contribution in [0.15, 0.2) is 35.9 Å². The van der Waals surface area contributed by atoms with E-state index in [2.05, 4.69) is 84.1 Å². The standard InChI is InChI=1S/C42H59N3O3/c1-25(2)33(35(46)48-10)45-36(47)42-21-19-37(3,4)23-27(42)26-15-16-32-39(7)24-30-34(44-29-14-12-11-13-28(29)43-30)38(5,6)31(39)17-18-41(32,9)40(26,8)20-22-42/h11-15,25,27,31-33H,16-24H2,1-10H3,(H,45,47)/t27-,31-,32+,33-,39-,40+,41+,42-/m0/s1. The molecule has 6 nitrogen and oxygen atoms in total. The first-order chi connectivity index (χ1) is 22.4. The second-order valence-electron chi connectivity index (χ2n) is 19.0. The Bertz CT molecular complexity index is 1690. The van der Waals surface area contributed by atoms with E-state index in [0.717, 1.165) is 56.0 Å². The molecule has 1 N–H and O–H groups in total. The zero-order valence-corrected chi connectivity index (χ0v) is 31.3. The molecule has 6 heteroatoms. The highest BCUT2D eigenvalue weighted by Gasteiger charge is 2.69. The van der Waals surface area contributed by atoms with Crippen molar-refractivity contribution in [3.05, 3.63) is 47.3 Å². The Balaban J connectivity index is 1.29. The molecular formula is C42H59N3O3. The van der Waals surface area contributed by atoms with E-state index in [1.807, 2.05) is 13.8 Å². The number of allylic oxidation sites excluding steroid dienone is 2. The fraction of sp³-hybridized carbons (Fsp3) is 0.714. The predicted octanol–water partition coefficient (Wildman–Crippen LogP) is 8.76. The number of carbonyl (C=O) groups is 2. The number of methoxy groups -OCH3 is 1. The van der Waals surface area contributed by atoms with Gasteiger partial charge in [0.05, 0.1) is 34.9 Å². The summed E-state index contributed by atoms with van der Waals surface area (Å²) in [4.78, 5) is 38.0. The summed E-state index contributed by atoms with van der Waals surface area (Å²) in [7, 11) is 1.42. The van der Waals surface area contributed by atoms with Gasteiger partial charge in [-0.15, -0.1) is 0 Å². The molecule has 1 aromatic heterocycles. The van der Waals surface area contributed by atoms with E-state index in [9.17, 15) is 9.59 Å². The molecular weight excluding hydrogens is 594 g/mol. The Hall–Kier alpha value is -2.76. The molecule has 1 heterocycles. The van der Waals surface area contributed by atoms with Crippen LogP contribution in [0.2, 0.25) is 0 Å². The molecule has 0 saturated heterocycles. The van der Waals surface area contributed by atoms with Crippen LogP contribution < -0.4 is 5.32 Å². The first-order valence-electron chi connectivity index (χ1n) is 18.8. The zero-order chi connectivity index (χ0) is 34.7. The largest absolute Gasteiger partial charge is 0.467 e. The molecule has 0 aliphatic heterocycles. The second-order valence-corrected chi connectivity index (χ2v) is 19.0. The molecule has 260 valence electrons. The fourth-order valence-electron chi connectivity index (χ4n) is 12.6. The monoisotopic (exact) mass is 653 g/mol. The maximum Gasteiger partial charge on any atom is 0.328 e. The molecule has 0 spiro atoms. The first-order valence-corrected chi connectivity index (χ1v) is 18.8. The smallest absolute Gasteiger partial charge is 0.328 e. The highest BCUT2D eigenvalue weighted by Crippen LogP contribution is 2.75. The third kappa shape index (κ3) is 4.55. The van der Waals surface area contributed by atoms with Crippen molar-refractivity contribution >= 4 is 22.9 Å². The number of nitrogens with one attached hydrogen (secondary N) is 1. The van der Waals surface area contributed by atoms with Crippen LogP contribution >= 0.6 is 0 Å². The molecule has 48 heavy (non-hydrogen) atoms. The summed E-state index contributed by atoms with van der Waals surface area (Å²) >= 11 is 0. The summed E-state index contributed by atoms with van der Waals surface area (Å²) in [5, 5.41) is 3.25. The van der Waals surface area contributed by atoms with Crippen LogP contribution in [0, 0.1) is 50.7 Å². The van der Waals surface area contributed by atoms with Crippen LogP contribution in [0.1, 0.15) is 125 Å². The van der Waals surface area contributed by atoms with Gasteiger partial charge < -0.3 is 10.1 Å². The average molecular weight is 654 g/mol. The van der Waals surface area contributed by atoms with Gasteiger partial charge in [-0.25, -0.2) is 14.8 Å². The molecule has 0 radical (unpaired) electrons. The second kappa shape index (κ2) is 10.9. The van der Waals surface area contributed by atoms with E-state index >= 15 is 0 Å². The van der Waals surface area contributed by atoms with Crippen LogP contribution in [0.25, 0.3) is 11.0 Å². The van der Waals surface area contributed by atoms with Crippen molar-refractivity contribution in [1.82, 2.24) is 15.3 Å². The minimum atomic E-state index is -0.629. The van der Waals surface area contributed by atoms with E-state index in [1.165, 1.54) is 36.9 Å². The number of carbonyl (C=O) groups excluding carboxylic acids is 2. The lowest BCUT2D eigenvalue weighted by atomic mass is 9.33. The number of para-hydroxylation sites is 2. The summed E-state index contributed by atoms with van der Waals surface area (Å²) < 4.78 is 5.14. The maximum absolute atomic E-state index is 14.6. The number of hydrogen-bond donors (Lipinski definition) is 1. The molecule has 7 rings (SSSR count). The first kappa shape index (κ1) is 33.7. The van der Waals surface area contributed by atoms with Crippen LogP contribution in [-0.4, -0.2) is 35.0 Å². The fourth-order valence-corrected chi connectivity index (χ4v) is 12.6. The van der Waals surface area contributed by atoms with Crippen molar-refractivity contribution < 1.29 is 14.3 Å². The lowest BCUT2D eigenvalue weighted by molar-refractivity contribution is -0.169. The van der Waals surface area contributed by atoms with Crippen molar-refractivity contribution in [3.8, 4) is 0 Å². The van der Waals surface area contributed by atoms with Crippen molar-refractivity contribution in [2.45, 2.75) is 132 Å². The number of benzene rings is 1. The van der Waals surface area contributed by atoms with Gasteiger partial charge in [-0.05, 0) is 115 Å². The number of amides is 1. The van der Waals surface area contributed by atoms with Gasteiger partial charge in [0.25, 0.3) is 0 Å². The zero-order valence-electron chi connectivity index (χ0n) is 31.3. The number of ether oxygens (including phenoxy) is 1. The summed E-state index contributed by atoms with van der Waals surface area (Å²) in [5.41, 5.74) is 5.75. The topological polar surface area (TPSA) is 81.2 Å². The van der Waals surface area contributed by atoms with E-state index in [0.29, 0.717) is 11.8 Å². The molecule has 3 fully saturated rings. The van der Waals surface area contributed by atoms with Gasteiger partial charge in [-0.3, -0.25) is 4.79 Å². The van der Waals surface area contributed by atoms with Gasteiger partial charge in [0, 0.05) is 5.41 Å². The molecule has 3 saturated carbocycles. The SMILES string of the molecule is COC(=O)[C@@H](NC(=O)[C@]12CCC(C)(C)C[C@H]1C1=CC[C@@H]3[C@@]4(C)Cc5nc6ccccc6nc5C(C)(C)[C@@H]4CC[C@@]3(C)[C@]1(C)CC2)C(C)C. The number of esters is 1. The number of nitrogens with zero attached hydrogens (tertiary/aromatic N) is 2. The average Bonchev–Trinajstić information content (AvgIpc) is 3.02. The quantitative estimate of drug-likeness (QED) is 0.264. The third-order valence-electron chi connectivity index (χ3n) is 15.4. The number of rotatable bonds is 4. The van der Waals surface area contributed by atoms with Gasteiger partial charge in [-0.2, -0.15) is 0 Å². The molecule has 1 aromatic carbocycles. The normalized spacial score (nSPS) is 38.3. The number of hydrogen-bond acceptors (Lipinski definition) is 5. The van der Waals surface area contributed by atoms with Crippen molar-refractivity contribution in [1.29, 1.82) is 0 Å². The molecule has 1 amide bonds. The molecule has 5 aliphatic carbocycles. The van der Waals surface area contributed by atoms with Crippen LogP contribution in [-0.2, 0) is 26.2 Å². The highest BCUT2D eigenvalue weighted by atomic mass is 16.5.